The second-order valence-electron chi connectivity index (χ2n) is 7.91. The van der Waals surface area contributed by atoms with Crippen LogP contribution in [-0.2, 0) is 12.7 Å². The van der Waals surface area contributed by atoms with Crippen LogP contribution in [-0.4, -0.2) is 51.0 Å². The number of benzene rings is 1. The molecule has 33 heavy (non-hydrogen) atoms. The van der Waals surface area contributed by atoms with Crippen LogP contribution in [0.2, 0.25) is 5.02 Å². The van der Waals surface area contributed by atoms with Crippen LogP contribution in [0.15, 0.2) is 55.0 Å². The molecular formula is C23H20ClF3N6. The number of aromatic nitrogens is 4. The highest BCUT2D eigenvalue weighted by Gasteiger charge is 2.32. The minimum Gasteiger partial charge on any atom is -0.353 e. The van der Waals surface area contributed by atoms with Crippen molar-refractivity contribution in [2.24, 2.45) is 0 Å². The second-order valence-corrected chi connectivity index (χ2v) is 8.32. The molecule has 10 heteroatoms. The Hall–Kier alpha value is -3.17. The Bertz CT molecular complexity index is 1270. The van der Waals surface area contributed by atoms with Gasteiger partial charge in [0.2, 0.25) is 0 Å². The number of anilines is 1. The van der Waals surface area contributed by atoms with Crippen molar-refractivity contribution in [3.05, 3.63) is 71.4 Å². The van der Waals surface area contributed by atoms with Crippen molar-refractivity contribution in [1.29, 1.82) is 0 Å². The summed E-state index contributed by atoms with van der Waals surface area (Å²) in [4.78, 5) is 20.5. The Balaban J connectivity index is 1.39. The number of rotatable bonds is 4. The zero-order valence-electron chi connectivity index (χ0n) is 17.5. The summed E-state index contributed by atoms with van der Waals surface area (Å²) in [5, 5.41) is 0.617. The summed E-state index contributed by atoms with van der Waals surface area (Å²) in [5.74, 6) is 1.39. The van der Waals surface area contributed by atoms with Gasteiger partial charge in [0.15, 0.2) is 0 Å². The molecule has 170 valence electrons. The van der Waals surface area contributed by atoms with E-state index in [-0.39, 0.29) is 0 Å². The Morgan fingerprint density at radius 3 is 2.52 bits per heavy atom. The molecule has 0 atom stereocenters. The molecule has 1 aliphatic rings. The summed E-state index contributed by atoms with van der Waals surface area (Å²) in [5.41, 5.74) is 1.14. The quantitative estimate of drug-likeness (QED) is 0.452. The second kappa shape index (κ2) is 8.64. The van der Waals surface area contributed by atoms with Gasteiger partial charge >= 0.3 is 6.18 Å². The maximum atomic E-state index is 13.5. The Morgan fingerprint density at radius 2 is 1.82 bits per heavy atom. The number of halogens is 4. The van der Waals surface area contributed by atoms with Gasteiger partial charge in [-0.25, -0.2) is 9.97 Å². The molecule has 0 spiro atoms. The summed E-state index contributed by atoms with van der Waals surface area (Å²) in [6.45, 7) is 3.51. The van der Waals surface area contributed by atoms with Gasteiger partial charge in [-0.05, 0) is 30.3 Å². The number of hydrogen-bond donors (Lipinski definition) is 1. The van der Waals surface area contributed by atoms with Crippen molar-refractivity contribution in [2.45, 2.75) is 12.7 Å². The van der Waals surface area contributed by atoms with Gasteiger partial charge in [-0.15, -0.1) is 0 Å². The molecule has 0 aliphatic carbocycles. The maximum Gasteiger partial charge on any atom is 0.416 e. The molecule has 0 radical (unpaired) electrons. The molecular weight excluding hydrogens is 453 g/mol. The zero-order valence-corrected chi connectivity index (χ0v) is 18.2. The monoisotopic (exact) mass is 472 g/mol. The number of hydrogen-bond acceptors (Lipinski definition) is 5. The summed E-state index contributed by atoms with van der Waals surface area (Å²) < 4.78 is 40.6. The van der Waals surface area contributed by atoms with Gasteiger partial charge in [0, 0.05) is 55.9 Å². The molecule has 0 bridgehead atoms. The Kier molecular flexibility index (Phi) is 5.67. The number of fused-ring (bicyclic) bond motifs is 1. The lowest BCUT2D eigenvalue weighted by atomic mass is 10.0. The first-order valence-corrected chi connectivity index (χ1v) is 10.8. The van der Waals surface area contributed by atoms with Crippen molar-refractivity contribution in [3.8, 4) is 11.1 Å². The number of alkyl halides is 3. The lowest BCUT2D eigenvalue weighted by Gasteiger charge is -2.35. The van der Waals surface area contributed by atoms with E-state index in [1.165, 1.54) is 0 Å². The van der Waals surface area contributed by atoms with Gasteiger partial charge in [0.1, 0.15) is 11.6 Å². The van der Waals surface area contributed by atoms with Crippen molar-refractivity contribution in [3.63, 3.8) is 0 Å². The van der Waals surface area contributed by atoms with E-state index in [0.29, 0.717) is 39.6 Å². The maximum absolute atomic E-state index is 13.5. The molecule has 1 aromatic carbocycles. The normalized spacial score (nSPS) is 15.3. The highest BCUT2D eigenvalue weighted by atomic mass is 35.5. The average molecular weight is 473 g/mol. The number of nitrogens with zero attached hydrogens (tertiary/aromatic N) is 5. The topological polar surface area (TPSA) is 60.9 Å². The van der Waals surface area contributed by atoms with E-state index in [4.69, 9.17) is 11.6 Å². The van der Waals surface area contributed by atoms with Gasteiger partial charge in [0.25, 0.3) is 0 Å². The van der Waals surface area contributed by atoms with Crippen LogP contribution in [0.25, 0.3) is 22.2 Å². The highest BCUT2D eigenvalue weighted by Crippen LogP contribution is 2.36. The van der Waals surface area contributed by atoms with Crippen molar-refractivity contribution < 1.29 is 13.2 Å². The average Bonchev–Trinajstić information content (AvgIpc) is 3.22. The number of nitrogens with one attached hydrogen (secondary N) is 1. The van der Waals surface area contributed by atoms with E-state index < -0.39 is 11.7 Å². The molecule has 1 saturated heterocycles. The van der Waals surface area contributed by atoms with E-state index in [0.717, 1.165) is 44.1 Å². The fourth-order valence-electron chi connectivity index (χ4n) is 4.09. The Labute approximate surface area is 193 Å². The van der Waals surface area contributed by atoms with Gasteiger partial charge < -0.3 is 9.88 Å². The third-order valence-corrected chi connectivity index (χ3v) is 6.01. The third kappa shape index (κ3) is 4.51. The molecule has 4 heterocycles. The van der Waals surface area contributed by atoms with Crippen molar-refractivity contribution in [2.75, 3.05) is 31.1 Å². The summed E-state index contributed by atoms with van der Waals surface area (Å²) in [7, 11) is 0. The highest BCUT2D eigenvalue weighted by molar-refractivity contribution is 6.32. The lowest BCUT2D eigenvalue weighted by Crippen LogP contribution is -2.46. The number of imidazole rings is 1. The van der Waals surface area contributed by atoms with Crippen molar-refractivity contribution in [1.82, 2.24) is 24.8 Å². The predicted octanol–water partition coefficient (Wildman–Crippen LogP) is 5.01. The van der Waals surface area contributed by atoms with Crippen molar-refractivity contribution >= 4 is 28.5 Å². The van der Waals surface area contributed by atoms with E-state index >= 15 is 0 Å². The first kappa shape index (κ1) is 21.7. The molecule has 0 saturated carbocycles. The van der Waals surface area contributed by atoms with Crippen LogP contribution in [0.5, 0.6) is 0 Å². The Morgan fingerprint density at radius 1 is 1.03 bits per heavy atom. The lowest BCUT2D eigenvalue weighted by molar-refractivity contribution is -0.137. The minimum atomic E-state index is -4.46. The van der Waals surface area contributed by atoms with Crippen LogP contribution in [0.3, 0.4) is 0 Å². The van der Waals surface area contributed by atoms with E-state index in [1.54, 1.807) is 36.8 Å². The fraction of sp³-hybridized carbons (Fsp3) is 0.261. The molecule has 1 fully saturated rings. The number of aromatic amines is 1. The fourth-order valence-corrected chi connectivity index (χ4v) is 4.33. The molecule has 1 N–H and O–H groups in total. The number of H-pyrrole nitrogens is 1. The smallest absolute Gasteiger partial charge is 0.353 e. The largest absolute Gasteiger partial charge is 0.416 e. The zero-order chi connectivity index (χ0) is 23.0. The van der Waals surface area contributed by atoms with Gasteiger partial charge in [-0.2, -0.15) is 13.2 Å². The molecule has 0 amide bonds. The summed E-state index contributed by atoms with van der Waals surface area (Å²) >= 11 is 6.26. The van der Waals surface area contributed by atoms with Crippen LogP contribution in [0, 0.1) is 0 Å². The first-order chi connectivity index (χ1) is 15.9. The van der Waals surface area contributed by atoms with E-state index in [9.17, 15) is 13.2 Å². The van der Waals surface area contributed by atoms with Crippen LogP contribution in [0.4, 0.5) is 19.0 Å². The number of pyridine rings is 2. The van der Waals surface area contributed by atoms with E-state index in [2.05, 4.69) is 29.7 Å². The minimum absolute atomic E-state index is 0.359. The number of piperazine rings is 1. The van der Waals surface area contributed by atoms with Gasteiger partial charge in [-0.1, -0.05) is 17.7 Å². The predicted molar refractivity (Wildman–Crippen MR) is 121 cm³/mol. The van der Waals surface area contributed by atoms with Crippen LogP contribution < -0.4 is 4.90 Å². The molecule has 3 aromatic heterocycles. The van der Waals surface area contributed by atoms with Gasteiger partial charge in [-0.3, -0.25) is 9.88 Å². The molecule has 6 nitrogen and oxygen atoms in total. The van der Waals surface area contributed by atoms with Gasteiger partial charge in [0.05, 0.1) is 28.2 Å². The summed E-state index contributed by atoms with van der Waals surface area (Å²) in [6.07, 6.45) is 0.393. The molecule has 4 aromatic rings. The third-order valence-electron chi connectivity index (χ3n) is 5.72. The molecule has 0 unspecified atom stereocenters. The van der Waals surface area contributed by atoms with Crippen LogP contribution in [0.1, 0.15) is 11.4 Å². The van der Waals surface area contributed by atoms with Crippen LogP contribution >= 0.6 is 11.6 Å². The molecule has 1 aliphatic heterocycles. The first-order valence-electron chi connectivity index (χ1n) is 10.5. The van der Waals surface area contributed by atoms with E-state index in [1.807, 2.05) is 6.07 Å². The SMILES string of the molecule is FC(F)(F)c1cc(-c2cccnc2)c2nc(CN3CCN(c4ncccc4Cl)CC3)[nH]c2c1. The standard InChI is InChI=1S/C23H20ClF3N6/c24-18-4-2-6-29-22(18)33-9-7-32(8-10-33)14-20-30-19-12-16(23(25,26)27)11-17(21(19)31-20)15-3-1-5-28-13-15/h1-6,11-13H,7-10,14H2,(H,30,31). The summed E-state index contributed by atoms with van der Waals surface area (Å²) in [6, 6.07) is 9.31. The molecule has 5 rings (SSSR count).